The largest absolute Gasteiger partial charge is 0.381 e. The molecule has 1 fully saturated rings. The van der Waals surface area contributed by atoms with Gasteiger partial charge in [0.1, 0.15) is 0 Å². The van der Waals surface area contributed by atoms with Crippen molar-refractivity contribution in [1.82, 2.24) is 5.32 Å². The van der Waals surface area contributed by atoms with E-state index in [2.05, 4.69) is 41.7 Å². The number of nitrogens with two attached hydrogens (primary N) is 1. The van der Waals surface area contributed by atoms with Crippen LogP contribution in [0.15, 0.2) is 54.6 Å². The summed E-state index contributed by atoms with van der Waals surface area (Å²) in [6.07, 6.45) is 1.71. The molecule has 0 spiro atoms. The molecule has 0 saturated carbocycles. The smallest absolute Gasteiger partial charge is 0.237 e. The highest BCUT2D eigenvalue weighted by Gasteiger charge is 2.27. The maximum absolute atomic E-state index is 12.4. The summed E-state index contributed by atoms with van der Waals surface area (Å²) in [7, 11) is 0. The molecule has 0 bridgehead atoms. The summed E-state index contributed by atoms with van der Waals surface area (Å²) >= 11 is 0. The van der Waals surface area contributed by atoms with Gasteiger partial charge in [-0.25, -0.2) is 0 Å². The third kappa shape index (κ3) is 4.47. The molecular formula is C21H26N2O2. The van der Waals surface area contributed by atoms with Crippen molar-refractivity contribution in [2.45, 2.75) is 31.8 Å². The van der Waals surface area contributed by atoms with E-state index in [1.165, 1.54) is 11.1 Å². The van der Waals surface area contributed by atoms with Gasteiger partial charge in [0, 0.05) is 13.2 Å². The normalized spacial score (nSPS) is 17.7. The molecule has 2 aromatic rings. The van der Waals surface area contributed by atoms with E-state index in [1.54, 1.807) is 0 Å². The fourth-order valence-corrected chi connectivity index (χ4v) is 3.28. The van der Waals surface area contributed by atoms with Gasteiger partial charge in [-0.15, -0.1) is 0 Å². The highest BCUT2D eigenvalue weighted by atomic mass is 16.5. The van der Waals surface area contributed by atoms with E-state index in [-0.39, 0.29) is 17.9 Å². The molecule has 25 heavy (non-hydrogen) atoms. The predicted molar refractivity (Wildman–Crippen MR) is 100.0 cm³/mol. The Bertz CT molecular complexity index is 679. The first-order valence-corrected chi connectivity index (χ1v) is 8.94. The molecule has 132 valence electrons. The van der Waals surface area contributed by atoms with Crippen LogP contribution < -0.4 is 11.1 Å². The second-order valence-electron chi connectivity index (χ2n) is 6.69. The first kappa shape index (κ1) is 17.6. The Morgan fingerprint density at radius 1 is 1.04 bits per heavy atom. The van der Waals surface area contributed by atoms with Gasteiger partial charge in [0.2, 0.25) is 5.91 Å². The number of rotatable bonds is 5. The van der Waals surface area contributed by atoms with Gasteiger partial charge in [-0.2, -0.15) is 0 Å². The third-order valence-electron chi connectivity index (χ3n) is 4.95. The molecule has 1 aliphatic heterocycles. The van der Waals surface area contributed by atoms with Crippen LogP contribution in [-0.4, -0.2) is 25.2 Å². The van der Waals surface area contributed by atoms with Crippen LogP contribution in [0, 0.1) is 5.92 Å². The zero-order chi connectivity index (χ0) is 17.6. The molecule has 1 heterocycles. The van der Waals surface area contributed by atoms with Crippen molar-refractivity contribution in [3.05, 3.63) is 60.2 Å². The van der Waals surface area contributed by atoms with Gasteiger partial charge >= 0.3 is 0 Å². The van der Waals surface area contributed by atoms with Crippen molar-refractivity contribution in [1.29, 1.82) is 0 Å². The molecule has 2 atom stereocenters. The summed E-state index contributed by atoms with van der Waals surface area (Å²) in [4.78, 5) is 12.4. The maximum Gasteiger partial charge on any atom is 0.237 e. The molecule has 1 saturated heterocycles. The lowest BCUT2D eigenvalue weighted by Gasteiger charge is -2.28. The van der Waals surface area contributed by atoms with Gasteiger partial charge < -0.3 is 15.8 Å². The minimum Gasteiger partial charge on any atom is -0.381 e. The lowest BCUT2D eigenvalue weighted by Crippen LogP contribution is -2.47. The van der Waals surface area contributed by atoms with E-state index in [9.17, 15) is 4.79 Å². The molecule has 2 unspecified atom stereocenters. The summed E-state index contributed by atoms with van der Waals surface area (Å²) in [5.74, 6) is 0.132. The van der Waals surface area contributed by atoms with Crippen molar-refractivity contribution in [3.8, 4) is 11.1 Å². The fourth-order valence-electron chi connectivity index (χ4n) is 3.28. The van der Waals surface area contributed by atoms with E-state index >= 15 is 0 Å². The van der Waals surface area contributed by atoms with Gasteiger partial charge in [0.15, 0.2) is 0 Å². The molecule has 4 nitrogen and oxygen atoms in total. The van der Waals surface area contributed by atoms with Crippen molar-refractivity contribution in [3.63, 3.8) is 0 Å². The fraction of sp³-hybridized carbons (Fsp3) is 0.381. The van der Waals surface area contributed by atoms with E-state index < -0.39 is 6.04 Å². The summed E-state index contributed by atoms with van der Waals surface area (Å²) in [6.45, 7) is 3.39. The Morgan fingerprint density at radius 3 is 2.28 bits per heavy atom. The van der Waals surface area contributed by atoms with E-state index in [4.69, 9.17) is 10.5 Å². The highest BCUT2D eigenvalue weighted by molar-refractivity contribution is 5.82. The monoisotopic (exact) mass is 338 g/mol. The van der Waals surface area contributed by atoms with E-state index in [1.807, 2.05) is 25.1 Å². The second kappa shape index (κ2) is 8.28. The van der Waals surface area contributed by atoms with Gasteiger partial charge in [-0.1, -0.05) is 54.6 Å². The quantitative estimate of drug-likeness (QED) is 0.879. The number of amides is 1. The molecule has 4 heteroatoms. The minimum atomic E-state index is -0.463. The van der Waals surface area contributed by atoms with Crippen molar-refractivity contribution < 1.29 is 9.53 Å². The minimum absolute atomic E-state index is 0.0665. The third-order valence-corrected chi connectivity index (χ3v) is 4.95. The Hall–Kier alpha value is -2.17. The first-order valence-electron chi connectivity index (χ1n) is 8.94. The molecule has 0 radical (unpaired) electrons. The van der Waals surface area contributed by atoms with Gasteiger partial charge in [0.25, 0.3) is 0 Å². The topological polar surface area (TPSA) is 64.4 Å². The Labute approximate surface area is 149 Å². The number of carbonyl (C=O) groups is 1. The second-order valence-corrected chi connectivity index (χ2v) is 6.69. The predicted octanol–water partition coefficient (Wildman–Crippen LogP) is 3.28. The van der Waals surface area contributed by atoms with E-state index in [0.29, 0.717) is 13.2 Å². The van der Waals surface area contributed by atoms with Crippen molar-refractivity contribution in [2.75, 3.05) is 13.2 Å². The molecule has 1 aliphatic rings. The number of ether oxygens (including phenoxy) is 1. The SMILES string of the molecule is CC(NC(=O)C(N)C1CCOCC1)c1ccc(-c2ccccc2)cc1. The number of hydrogen-bond acceptors (Lipinski definition) is 3. The maximum atomic E-state index is 12.4. The molecule has 3 rings (SSSR count). The number of carbonyl (C=O) groups excluding carboxylic acids is 1. The van der Waals surface area contributed by atoms with Gasteiger partial charge in [-0.3, -0.25) is 4.79 Å². The lowest BCUT2D eigenvalue weighted by atomic mass is 9.91. The van der Waals surface area contributed by atoms with Crippen molar-refractivity contribution in [2.24, 2.45) is 11.7 Å². The summed E-state index contributed by atoms with van der Waals surface area (Å²) in [5.41, 5.74) is 9.58. The number of nitrogens with one attached hydrogen (secondary N) is 1. The zero-order valence-electron chi connectivity index (χ0n) is 14.7. The highest BCUT2D eigenvalue weighted by Crippen LogP contribution is 2.22. The van der Waals surface area contributed by atoms with E-state index in [0.717, 1.165) is 18.4 Å². The molecule has 3 N–H and O–H groups in total. The lowest BCUT2D eigenvalue weighted by molar-refractivity contribution is -0.125. The average Bonchev–Trinajstić information content (AvgIpc) is 2.68. The number of benzene rings is 2. The Balaban J connectivity index is 1.60. The van der Waals surface area contributed by atoms with Crippen LogP contribution in [0.2, 0.25) is 0 Å². The van der Waals surface area contributed by atoms with Crippen LogP contribution in [0.3, 0.4) is 0 Å². The Morgan fingerprint density at radius 2 is 1.64 bits per heavy atom. The summed E-state index contributed by atoms with van der Waals surface area (Å²) in [5, 5.41) is 3.05. The van der Waals surface area contributed by atoms with Crippen LogP contribution in [0.1, 0.15) is 31.4 Å². The summed E-state index contributed by atoms with van der Waals surface area (Å²) in [6, 6.07) is 18.0. The van der Waals surface area contributed by atoms with Crippen LogP contribution in [0.5, 0.6) is 0 Å². The molecule has 0 aliphatic carbocycles. The van der Waals surface area contributed by atoms with Gasteiger partial charge in [0.05, 0.1) is 12.1 Å². The standard InChI is InChI=1S/C21H26N2O2/c1-15(23-21(24)20(22)19-11-13-25-14-12-19)16-7-9-18(10-8-16)17-5-3-2-4-6-17/h2-10,15,19-20H,11-14,22H2,1H3,(H,23,24). The Kier molecular flexibility index (Phi) is 5.84. The van der Waals surface area contributed by atoms with Crippen LogP contribution in [0.4, 0.5) is 0 Å². The molecule has 1 amide bonds. The molecule has 2 aromatic carbocycles. The number of hydrogen-bond donors (Lipinski definition) is 2. The van der Waals surface area contributed by atoms with Crippen molar-refractivity contribution >= 4 is 5.91 Å². The van der Waals surface area contributed by atoms with Crippen LogP contribution >= 0.6 is 0 Å². The zero-order valence-corrected chi connectivity index (χ0v) is 14.7. The molecule has 0 aromatic heterocycles. The van der Waals surface area contributed by atoms with Crippen LogP contribution in [-0.2, 0) is 9.53 Å². The van der Waals surface area contributed by atoms with Crippen LogP contribution in [0.25, 0.3) is 11.1 Å². The summed E-state index contributed by atoms with van der Waals surface area (Å²) < 4.78 is 5.34. The first-order chi connectivity index (χ1) is 12.1. The average molecular weight is 338 g/mol. The molecular weight excluding hydrogens is 312 g/mol. The van der Waals surface area contributed by atoms with Gasteiger partial charge in [-0.05, 0) is 42.4 Å².